The van der Waals surface area contributed by atoms with Gasteiger partial charge in [-0.15, -0.1) is 11.3 Å². The van der Waals surface area contributed by atoms with Gasteiger partial charge in [-0.3, -0.25) is 9.59 Å². The first-order chi connectivity index (χ1) is 10.7. The Bertz CT molecular complexity index is 837. The third-order valence-electron chi connectivity index (χ3n) is 3.07. The van der Waals surface area contributed by atoms with E-state index in [9.17, 15) is 18.0 Å². The van der Waals surface area contributed by atoms with Crippen molar-refractivity contribution < 1.29 is 18.0 Å². The molecule has 0 bridgehead atoms. The molecule has 2 rings (SSSR count). The van der Waals surface area contributed by atoms with Gasteiger partial charge >= 0.3 is 0 Å². The highest BCUT2D eigenvalue weighted by atomic mass is 32.2. The van der Waals surface area contributed by atoms with Crippen molar-refractivity contribution in [1.29, 1.82) is 0 Å². The monoisotopic (exact) mass is 352 g/mol. The molecule has 0 aliphatic rings. The van der Waals surface area contributed by atoms with E-state index in [4.69, 9.17) is 0 Å². The summed E-state index contributed by atoms with van der Waals surface area (Å²) in [6.45, 7) is 1.44. The van der Waals surface area contributed by atoms with Gasteiger partial charge in [-0.2, -0.15) is 0 Å². The summed E-state index contributed by atoms with van der Waals surface area (Å²) in [7, 11) is -0.590. The van der Waals surface area contributed by atoms with E-state index in [-0.39, 0.29) is 16.6 Å². The van der Waals surface area contributed by atoms with Crippen LogP contribution < -0.4 is 5.32 Å². The number of amides is 1. The van der Waals surface area contributed by atoms with Gasteiger partial charge in [-0.05, 0) is 43.3 Å². The van der Waals surface area contributed by atoms with E-state index in [0.29, 0.717) is 15.4 Å². The Labute approximate surface area is 138 Å². The minimum atomic E-state index is -3.50. The maximum absolute atomic E-state index is 12.1. The molecule has 1 aromatic carbocycles. The van der Waals surface area contributed by atoms with Gasteiger partial charge in [-0.25, -0.2) is 12.7 Å². The summed E-state index contributed by atoms with van der Waals surface area (Å²) in [6.07, 6.45) is 0. The summed E-state index contributed by atoms with van der Waals surface area (Å²) in [6, 6.07) is 9.10. The van der Waals surface area contributed by atoms with Crippen molar-refractivity contribution in [2.24, 2.45) is 0 Å². The van der Waals surface area contributed by atoms with Crippen molar-refractivity contribution in [3.63, 3.8) is 0 Å². The average Bonchev–Trinajstić information content (AvgIpc) is 2.97. The van der Waals surface area contributed by atoms with Crippen LogP contribution in [0, 0.1) is 0 Å². The number of rotatable bonds is 5. The normalized spacial score (nSPS) is 11.5. The second-order valence-electron chi connectivity index (χ2n) is 4.99. The first-order valence-electron chi connectivity index (χ1n) is 6.66. The van der Waals surface area contributed by atoms with E-state index in [2.05, 4.69) is 5.32 Å². The lowest BCUT2D eigenvalue weighted by Crippen LogP contribution is -2.22. The quantitative estimate of drug-likeness (QED) is 0.838. The van der Waals surface area contributed by atoms with Crippen LogP contribution in [0.2, 0.25) is 0 Å². The number of nitrogens with zero attached hydrogens (tertiary/aromatic N) is 1. The molecular formula is C15H16N2O4S2. The van der Waals surface area contributed by atoms with E-state index in [1.54, 1.807) is 12.1 Å². The molecule has 0 saturated heterocycles. The molecule has 0 unspecified atom stereocenters. The van der Waals surface area contributed by atoms with Gasteiger partial charge in [0.2, 0.25) is 10.0 Å². The topological polar surface area (TPSA) is 83.5 Å². The van der Waals surface area contributed by atoms with E-state index in [1.807, 2.05) is 0 Å². The highest BCUT2D eigenvalue weighted by molar-refractivity contribution is 7.89. The van der Waals surface area contributed by atoms with Crippen LogP contribution >= 0.6 is 11.3 Å². The fourth-order valence-corrected chi connectivity index (χ4v) is 3.46. The molecule has 8 heteroatoms. The number of hydrogen-bond donors (Lipinski definition) is 1. The number of ketones is 1. The Kier molecular flexibility index (Phi) is 4.98. The summed E-state index contributed by atoms with van der Waals surface area (Å²) >= 11 is 1.12. The van der Waals surface area contributed by atoms with Crippen molar-refractivity contribution in [3.8, 4) is 0 Å². The van der Waals surface area contributed by atoms with Crippen LogP contribution in [0.3, 0.4) is 0 Å². The molecule has 1 heterocycles. The van der Waals surface area contributed by atoms with Crippen molar-refractivity contribution in [3.05, 3.63) is 46.2 Å². The number of anilines is 1. The minimum Gasteiger partial charge on any atom is -0.321 e. The van der Waals surface area contributed by atoms with Crippen LogP contribution in [0.1, 0.15) is 26.3 Å². The van der Waals surface area contributed by atoms with E-state index in [1.165, 1.54) is 45.3 Å². The molecule has 0 aliphatic carbocycles. The lowest BCUT2D eigenvalue weighted by Gasteiger charge is -2.11. The molecule has 2 aromatic rings. The number of sulfonamides is 1. The first kappa shape index (κ1) is 17.3. The first-order valence-corrected chi connectivity index (χ1v) is 8.92. The molecule has 23 heavy (non-hydrogen) atoms. The third-order valence-corrected chi connectivity index (χ3v) is 6.08. The largest absolute Gasteiger partial charge is 0.321 e. The number of nitrogens with one attached hydrogen (secondary N) is 1. The lowest BCUT2D eigenvalue weighted by atomic mass is 10.3. The molecule has 0 saturated carbocycles. The summed E-state index contributed by atoms with van der Waals surface area (Å²) in [5.41, 5.74) is 0.477. The van der Waals surface area contributed by atoms with Crippen LogP contribution in [0.4, 0.5) is 5.69 Å². The second-order valence-corrected chi connectivity index (χ2v) is 8.22. The molecule has 0 fully saturated rings. The second kappa shape index (κ2) is 6.61. The summed E-state index contributed by atoms with van der Waals surface area (Å²) < 4.78 is 25.0. The van der Waals surface area contributed by atoms with Crippen LogP contribution in [-0.2, 0) is 10.0 Å². The number of carbonyl (C=O) groups excluding carboxylic acids is 2. The smallest absolute Gasteiger partial charge is 0.265 e. The third kappa shape index (κ3) is 3.84. The molecule has 1 amide bonds. The van der Waals surface area contributed by atoms with E-state index >= 15 is 0 Å². The molecule has 6 nitrogen and oxygen atoms in total. The van der Waals surface area contributed by atoms with Gasteiger partial charge < -0.3 is 5.32 Å². The van der Waals surface area contributed by atoms with Gasteiger partial charge in [0, 0.05) is 19.8 Å². The Morgan fingerprint density at radius 3 is 2.04 bits per heavy atom. The van der Waals surface area contributed by atoms with Crippen molar-refractivity contribution in [2.75, 3.05) is 19.4 Å². The Balaban J connectivity index is 2.14. The highest BCUT2D eigenvalue weighted by Crippen LogP contribution is 2.20. The van der Waals surface area contributed by atoms with Gasteiger partial charge in [0.25, 0.3) is 5.91 Å². The van der Waals surface area contributed by atoms with Gasteiger partial charge in [0.1, 0.15) is 0 Å². The molecule has 0 aliphatic heterocycles. The molecule has 0 atom stereocenters. The van der Waals surface area contributed by atoms with Crippen LogP contribution in [0.5, 0.6) is 0 Å². The maximum Gasteiger partial charge on any atom is 0.265 e. The number of Topliss-reactive ketones (excluding diaryl/α,β-unsaturated/α-hetero) is 1. The summed E-state index contributed by atoms with van der Waals surface area (Å²) in [5.74, 6) is -0.432. The van der Waals surface area contributed by atoms with Gasteiger partial charge in [0.15, 0.2) is 5.78 Å². The Morgan fingerprint density at radius 2 is 1.57 bits per heavy atom. The average molecular weight is 352 g/mol. The fraction of sp³-hybridized carbons (Fsp3) is 0.200. The minimum absolute atomic E-state index is 0.0905. The van der Waals surface area contributed by atoms with Gasteiger partial charge in [0.05, 0.1) is 14.6 Å². The number of carbonyl (C=O) groups is 2. The predicted molar refractivity (Wildman–Crippen MR) is 89.6 cm³/mol. The zero-order chi connectivity index (χ0) is 17.2. The molecule has 0 radical (unpaired) electrons. The predicted octanol–water partition coefficient (Wildman–Crippen LogP) is 2.45. The summed E-state index contributed by atoms with van der Waals surface area (Å²) in [4.78, 5) is 24.4. The zero-order valence-electron chi connectivity index (χ0n) is 12.9. The Hall–Kier alpha value is -2.03. The number of hydrogen-bond acceptors (Lipinski definition) is 5. The van der Waals surface area contributed by atoms with Crippen molar-refractivity contribution in [2.45, 2.75) is 11.8 Å². The SMILES string of the molecule is CC(=O)c1ccc(C(=O)Nc2ccc(S(=O)(=O)N(C)C)cc2)s1. The molecular weight excluding hydrogens is 336 g/mol. The zero-order valence-corrected chi connectivity index (χ0v) is 14.5. The summed E-state index contributed by atoms with van der Waals surface area (Å²) in [5, 5.41) is 2.67. The van der Waals surface area contributed by atoms with Crippen LogP contribution in [-0.4, -0.2) is 38.5 Å². The van der Waals surface area contributed by atoms with Gasteiger partial charge in [-0.1, -0.05) is 0 Å². The van der Waals surface area contributed by atoms with E-state index < -0.39 is 10.0 Å². The maximum atomic E-state index is 12.1. The van der Waals surface area contributed by atoms with Crippen molar-refractivity contribution >= 4 is 38.7 Å². The Morgan fingerprint density at radius 1 is 1.00 bits per heavy atom. The van der Waals surface area contributed by atoms with Crippen LogP contribution in [0.15, 0.2) is 41.3 Å². The van der Waals surface area contributed by atoms with Crippen LogP contribution in [0.25, 0.3) is 0 Å². The highest BCUT2D eigenvalue weighted by Gasteiger charge is 2.17. The fourth-order valence-electron chi connectivity index (χ4n) is 1.76. The lowest BCUT2D eigenvalue weighted by molar-refractivity contribution is 0.101. The molecule has 0 spiro atoms. The van der Waals surface area contributed by atoms with E-state index in [0.717, 1.165) is 15.6 Å². The number of thiophene rings is 1. The molecule has 1 N–H and O–H groups in total. The van der Waals surface area contributed by atoms with Crippen molar-refractivity contribution in [1.82, 2.24) is 4.31 Å². The standard InChI is InChI=1S/C15H16N2O4S2/c1-10(18)13-8-9-14(22-13)15(19)16-11-4-6-12(7-5-11)23(20,21)17(2)3/h4-9H,1-3H3,(H,16,19). The molecule has 122 valence electrons. The molecule has 1 aromatic heterocycles. The number of benzene rings is 1.